The molecule has 34 heavy (non-hydrogen) atoms. The number of likely N-dealkylation sites (tertiary alicyclic amines) is 1. The van der Waals surface area contributed by atoms with E-state index in [0.29, 0.717) is 54.7 Å². The number of hydrogen-bond donors (Lipinski definition) is 4. The fraction of sp³-hybridized carbons (Fsp3) is 0.565. The Bertz CT molecular complexity index is 841. The SMILES string of the molecule is COc1ccc(O[C@H]2C[C@H](C(=O)N[C@H](CCSC)C(=O)O)N(CC=C[C@@H](N)CS)C2)cc1OC. The summed E-state index contributed by atoms with van der Waals surface area (Å²) >= 11 is 5.72. The number of carboxylic acids is 1. The molecule has 4 atom stereocenters. The Kier molecular flexibility index (Phi) is 11.9. The standard InChI is InChI=1S/C23H35N3O6S2/c1-30-20-7-6-16(12-21(20)31-2)32-17-11-19(26(13-17)9-4-5-15(24)14-33)22(27)25-18(23(28)29)8-10-34-3/h4-7,12,15,17-19,33H,8-11,13-14,24H2,1-3H3,(H,25,27)(H,28,29)/t15-,17+,18-,19-/m1/s1. The van der Waals surface area contributed by atoms with Crippen molar-refractivity contribution in [2.24, 2.45) is 5.73 Å². The van der Waals surface area contributed by atoms with E-state index in [4.69, 9.17) is 19.9 Å². The van der Waals surface area contributed by atoms with Crippen molar-refractivity contribution in [1.29, 1.82) is 0 Å². The molecule has 0 radical (unpaired) electrons. The molecule has 1 aromatic carbocycles. The molecule has 4 N–H and O–H groups in total. The molecule has 1 amide bonds. The lowest BCUT2D eigenvalue weighted by atomic mass is 10.1. The number of carboxylic acid groups (broad SMARTS) is 1. The van der Waals surface area contributed by atoms with Crippen LogP contribution in [0, 0.1) is 0 Å². The van der Waals surface area contributed by atoms with Crippen LogP contribution < -0.4 is 25.3 Å². The topological polar surface area (TPSA) is 123 Å². The van der Waals surface area contributed by atoms with Crippen LogP contribution in [0.4, 0.5) is 0 Å². The largest absolute Gasteiger partial charge is 0.493 e. The molecule has 1 aliphatic heterocycles. The van der Waals surface area contributed by atoms with E-state index in [0.717, 1.165) is 0 Å². The van der Waals surface area contributed by atoms with Crippen LogP contribution in [0.1, 0.15) is 12.8 Å². The number of benzene rings is 1. The van der Waals surface area contributed by atoms with Gasteiger partial charge in [-0.15, -0.1) is 0 Å². The van der Waals surface area contributed by atoms with E-state index >= 15 is 0 Å². The molecular weight excluding hydrogens is 478 g/mol. The number of carbonyl (C=O) groups is 2. The molecule has 0 aromatic heterocycles. The molecule has 1 aliphatic rings. The average molecular weight is 514 g/mol. The van der Waals surface area contributed by atoms with Gasteiger partial charge in [-0.2, -0.15) is 24.4 Å². The third-order valence-electron chi connectivity index (χ3n) is 5.48. The van der Waals surface area contributed by atoms with E-state index in [9.17, 15) is 14.7 Å². The predicted molar refractivity (Wildman–Crippen MR) is 137 cm³/mol. The van der Waals surface area contributed by atoms with E-state index in [1.165, 1.54) is 11.8 Å². The van der Waals surface area contributed by atoms with Crippen molar-refractivity contribution >= 4 is 36.3 Å². The van der Waals surface area contributed by atoms with Gasteiger partial charge in [-0.05, 0) is 30.6 Å². The number of amides is 1. The fourth-order valence-corrected chi connectivity index (χ4v) is 4.29. The van der Waals surface area contributed by atoms with Crippen molar-refractivity contribution in [3.8, 4) is 17.2 Å². The summed E-state index contributed by atoms with van der Waals surface area (Å²) in [6, 6.07) is 3.65. The lowest BCUT2D eigenvalue weighted by Crippen LogP contribution is -2.49. The van der Waals surface area contributed by atoms with E-state index in [1.54, 1.807) is 32.4 Å². The maximum absolute atomic E-state index is 13.1. The van der Waals surface area contributed by atoms with Crippen molar-refractivity contribution in [3.05, 3.63) is 30.4 Å². The Labute approximate surface area is 210 Å². The third kappa shape index (κ3) is 8.30. The number of thioether (sulfide) groups is 1. The number of ether oxygens (including phenoxy) is 3. The summed E-state index contributed by atoms with van der Waals surface area (Å²) in [6.07, 6.45) is 6.16. The second kappa shape index (κ2) is 14.3. The minimum atomic E-state index is -1.04. The van der Waals surface area contributed by atoms with Gasteiger partial charge in [0.1, 0.15) is 17.9 Å². The van der Waals surface area contributed by atoms with Crippen LogP contribution in [-0.4, -0.2) is 91.2 Å². The molecule has 2 rings (SSSR count). The minimum absolute atomic E-state index is 0.181. The number of hydrogen-bond acceptors (Lipinski definition) is 9. The summed E-state index contributed by atoms with van der Waals surface area (Å²) < 4.78 is 16.8. The van der Waals surface area contributed by atoms with Crippen LogP contribution in [-0.2, 0) is 9.59 Å². The second-order valence-electron chi connectivity index (χ2n) is 7.92. The quantitative estimate of drug-likeness (QED) is 0.217. The van der Waals surface area contributed by atoms with Crippen molar-refractivity contribution in [2.75, 3.05) is 45.1 Å². The first-order valence-electron chi connectivity index (χ1n) is 11.0. The van der Waals surface area contributed by atoms with Crippen LogP contribution in [0.15, 0.2) is 30.4 Å². The normalized spacial score (nSPS) is 20.1. The van der Waals surface area contributed by atoms with Crippen LogP contribution in [0.2, 0.25) is 0 Å². The van der Waals surface area contributed by atoms with Crippen molar-refractivity contribution < 1.29 is 28.9 Å². The summed E-state index contributed by atoms with van der Waals surface area (Å²) in [5.41, 5.74) is 5.90. The van der Waals surface area contributed by atoms with Gasteiger partial charge in [0.25, 0.3) is 0 Å². The highest BCUT2D eigenvalue weighted by Crippen LogP contribution is 2.32. The molecule has 0 bridgehead atoms. The number of rotatable bonds is 14. The van der Waals surface area contributed by atoms with E-state index in [1.807, 2.05) is 23.3 Å². The number of nitrogens with one attached hydrogen (secondary N) is 1. The molecule has 11 heteroatoms. The molecule has 0 saturated carbocycles. The summed E-state index contributed by atoms with van der Waals surface area (Å²) in [6.45, 7) is 0.976. The maximum Gasteiger partial charge on any atom is 0.326 e. The number of methoxy groups -OCH3 is 2. The minimum Gasteiger partial charge on any atom is -0.493 e. The van der Waals surface area contributed by atoms with E-state index < -0.39 is 18.1 Å². The van der Waals surface area contributed by atoms with Crippen LogP contribution in [0.5, 0.6) is 17.2 Å². The van der Waals surface area contributed by atoms with Gasteiger partial charge < -0.3 is 30.4 Å². The van der Waals surface area contributed by atoms with Crippen molar-refractivity contribution in [3.63, 3.8) is 0 Å². The van der Waals surface area contributed by atoms with Gasteiger partial charge in [-0.3, -0.25) is 9.69 Å². The first-order chi connectivity index (χ1) is 16.3. The predicted octanol–water partition coefficient (Wildman–Crippen LogP) is 1.66. The number of nitrogens with zero attached hydrogens (tertiary/aromatic N) is 1. The molecular formula is C23H35N3O6S2. The highest BCUT2D eigenvalue weighted by Gasteiger charge is 2.38. The van der Waals surface area contributed by atoms with Crippen LogP contribution in [0.25, 0.3) is 0 Å². The summed E-state index contributed by atoms with van der Waals surface area (Å²) in [7, 11) is 3.12. The van der Waals surface area contributed by atoms with Gasteiger partial charge in [0.15, 0.2) is 11.5 Å². The molecule has 1 saturated heterocycles. The Morgan fingerprint density at radius 3 is 2.71 bits per heavy atom. The molecule has 9 nitrogen and oxygen atoms in total. The van der Waals surface area contributed by atoms with Gasteiger partial charge in [0, 0.05) is 37.4 Å². The third-order valence-corrected chi connectivity index (χ3v) is 6.55. The van der Waals surface area contributed by atoms with Gasteiger partial charge >= 0.3 is 5.97 Å². The molecule has 1 fully saturated rings. The molecule has 1 aromatic rings. The molecule has 0 spiro atoms. The molecule has 190 valence electrons. The first-order valence-corrected chi connectivity index (χ1v) is 13.0. The van der Waals surface area contributed by atoms with E-state index in [2.05, 4.69) is 17.9 Å². The number of nitrogens with two attached hydrogens (primary N) is 1. The van der Waals surface area contributed by atoms with Gasteiger partial charge in [0.05, 0.1) is 20.3 Å². The zero-order valence-corrected chi connectivity index (χ0v) is 21.5. The van der Waals surface area contributed by atoms with E-state index in [-0.39, 0.29) is 18.1 Å². The number of thiol groups is 1. The van der Waals surface area contributed by atoms with Crippen molar-refractivity contribution in [2.45, 2.75) is 37.1 Å². The maximum atomic E-state index is 13.1. The van der Waals surface area contributed by atoms with Gasteiger partial charge in [0.2, 0.25) is 5.91 Å². The second-order valence-corrected chi connectivity index (χ2v) is 9.27. The fourth-order valence-electron chi connectivity index (χ4n) is 3.70. The molecule has 0 unspecified atom stereocenters. The first kappa shape index (κ1) is 28.2. The van der Waals surface area contributed by atoms with Crippen LogP contribution >= 0.6 is 24.4 Å². The van der Waals surface area contributed by atoms with Crippen LogP contribution in [0.3, 0.4) is 0 Å². The lowest BCUT2D eigenvalue weighted by Gasteiger charge is -2.24. The molecule has 0 aliphatic carbocycles. The highest BCUT2D eigenvalue weighted by molar-refractivity contribution is 7.98. The zero-order valence-electron chi connectivity index (χ0n) is 19.8. The highest BCUT2D eigenvalue weighted by atomic mass is 32.2. The monoisotopic (exact) mass is 513 g/mol. The number of carbonyl (C=O) groups excluding carboxylic acids is 1. The summed E-state index contributed by atoms with van der Waals surface area (Å²) in [5.74, 6) is 1.53. The van der Waals surface area contributed by atoms with Gasteiger partial charge in [-0.25, -0.2) is 4.79 Å². The van der Waals surface area contributed by atoms with Crippen molar-refractivity contribution in [1.82, 2.24) is 10.2 Å². The zero-order chi connectivity index (χ0) is 25.1. The summed E-state index contributed by atoms with van der Waals surface area (Å²) in [5, 5.41) is 12.2. The number of aliphatic carboxylic acids is 1. The summed E-state index contributed by atoms with van der Waals surface area (Å²) in [4.78, 5) is 26.7. The Hall–Kier alpha value is -2.08. The Balaban J connectivity index is 2.14. The average Bonchev–Trinajstić information content (AvgIpc) is 3.23. The van der Waals surface area contributed by atoms with Gasteiger partial charge in [-0.1, -0.05) is 12.2 Å². The smallest absolute Gasteiger partial charge is 0.326 e. The molecule has 1 heterocycles. The Morgan fingerprint density at radius 2 is 2.09 bits per heavy atom. The lowest BCUT2D eigenvalue weighted by molar-refractivity contribution is -0.142. The Morgan fingerprint density at radius 1 is 1.35 bits per heavy atom.